The quantitative estimate of drug-likeness (QED) is 0.878. The molecule has 18 heavy (non-hydrogen) atoms. The SMILES string of the molecule is CCC1CN(Cc2cc(NC)ccn2)CCN1C. The number of aromatic nitrogens is 1. The maximum Gasteiger partial charge on any atom is 0.0564 e. The predicted octanol–water partition coefficient (Wildman–Crippen LogP) is 1.65. The normalized spacial score (nSPS) is 22.1. The molecule has 2 heterocycles. The Balaban J connectivity index is 1.96. The molecule has 0 bridgehead atoms. The summed E-state index contributed by atoms with van der Waals surface area (Å²) in [5, 5.41) is 3.16. The van der Waals surface area contributed by atoms with Crippen LogP contribution in [0.2, 0.25) is 0 Å². The van der Waals surface area contributed by atoms with Crippen LogP contribution in [0.5, 0.6) is 0 Å². The van der Waals surface area contributed by atoms with Crippen LogP contribution in [-0.4, -0.2) is 54.6 Å². The van der Waals surface area contributed by atoms with Crippen LogP contribution < -0.4 is 5.32 Å². The summed E-state index contributed by atoms with van der Waals surface area (Å²) in [5.41, 5.74) is 2.29. The fourth-order valence-electron chi connectivity index (χ4n) is 2.54. The Morgan fingerprint density at radius 2 is 2.28 bits per heavy atom. The number of hydrogen-bond donors (Lipinski definition) is 1. The van der Waals surface area contributed by atoms with Gasteiger partial charge in [-0.2, -0.15) is 0 Å². The van der Waals surface area contributed by atoms with Gasteiger partial charge in [-0.05, 0) is 25.6 Å². The van der Waals surface area contributed by atoms with Gasteiger partial charge in [-0.1, -0.05) is 6.92 Å². The maximum atomic E-state index is 4.46. The van der Waals surface area contributed by atoms with E-state index in [4.69, 9.17) is 0 Å². The number of likely N-dealkylation sites (N-methyl/N-ethyl adjacent to an activating group) is 1. The van der Waals surface area contributed by atoms with Crippen LogP contribution in [0, 0.1) is 0 Å². The molecule has 1 aromatic heterocycles. The maximum absolute atomic E-state index is 4.46. The second kappa shape index (κ2) is 6.16. The first kappa shape index (κ1) is 13.3. The highest BCUT2D eigenvalue weighted by Gasteiger charge is 2.22. The number of nitrogens with zero attached hydrogens (tertiary/aromatic N) is 3. The third-order valence-electron chi connectivity index (χ3n) is 3.82. The van der Waals surface area contributed by atoms with Crippen LogP contribution in [0.4, 0.5) is 5.69 Å². The van der Waals surface area contributed by atoms with Crippen molar-refractivity contribution in [1.82, 2.24) is 14.8 Å². The summed E-state index contributed by atoms with van der Waals surface area (Å²) in [6.07, 6.45) is 3.10. The average Bonchev–Trinajstić information content (AvgIpc) is 2.41. The van der Waals surface area contributed by atoms with E-state index < -0.39 is 0 Å². The van der Waals surface area contributed by atoms with Crippen LogP contribution in [0.3, 0.4) is 0 Å². The van der Waals surface area contributed by atoms with Gasteiger partial charge in [-0.15, -0.1) is 0 Å². The van der Waals surface area contributed by atoms with Crippen LogP contribution in [0.25, 0.3) is 0 Å². The Kier molecular flexibility index (Phi) is 4.55. The Morgan fingerprint density at radius 3 is 3.00 bits per heavy atom. The Labute approximate surface area is 110 Å². The number of piperazine rings is 1. The third-order valence-corrected chi connectivity index (χ3v) is 3.82. The first-order valence-corrected chi connectivity index (χ1v) is 6.78. The molecule has 1 fully saturated rings. The molecule has 0 saturated carbocycles. The van der Waals surface area contributed by atoms with E-state index in [9.17, 15) is 0 Å². The van der Waals surface area contributed by atoms with Gasteiger partial charge in [0, 0.05) is 51.2 Å². The van der Waals surface area contributed by atoms with Crippen molar-refractivity contribution in [3.05, 3.63) is 24.0 Å². The zero-order valence-electron chi connectivity index (χ0n) is 11.7. The van der Waals surface area contributed by atoms with E-state index in [2.05, 4.69) is 40.1 Å². The number of pyridine rings is 1. The first-order valence-electron chi connectivity index (χ1n) is 6.78. The van der Waals surface area contributed by atoms with Gasteiger partial charge < -0.3 is 10.2 Å². The molecule has 0 amide bonds. The number of hydrogen-bond acceptors (Lipinski definition) is 4. The molecule has 1 unspecified atom stereocenters. The Bertz CT molecular complexity index is 380. The minimum Gasteiger partial charge on any atom is -0.388 e. The molecule has 1 N–H and O–H groups in total. The molecule has 1 saturated heterocycles. The molecule has 4 nitrogen and oxygen atoms in total. The van der Waals surface area contributed by atoms with Gasteiger partial charge in [-0.3, -0.25) is 9.88 Å². The van der Waals surface area contributed by atoms with E-state index in [1.54, 1.807) is 0 Å². The second-order valence-corrected chi connectivity index (χ2v) is 5.06. The molecule has 100 valence electrons. The van der Waals surface area contributed by atoms with Crippen molar-refractivity contribution in [2.45, 2.75) is 25.9 Å². The van der Waals surface area contributed by atoms with Crippen LogP contribution in [-0.2, 0) is 6.54 Å². The van der Waals surface area contributed by atoms with Gasteiger partial charge in [-0.25, -0.2) is 0 Å². The highest BCUT2D eigenvalue weighted by molar-refractivity contribution is 5.42. The van der Waals surface area contributed by atoms with Gasteiger partial charge in [0.2, 0.25) is 0 Å². The monoisotopic (exact) mass is 248 g/mol. The van der Waals surface area contributed by atoms with Crippen LogP contribution >= 0.6 is 0 Å². The van der Waals surface area contributed by atoms with Crippen molar-refractivity contribution in [2.75, 3.05) is 39.0 Å². The molecular weight excluding hydrogens is 224 g/mol. The summed E-state index contributed by atoms with van der Waals surface area (Å²) in [7, 11) is 4.17. The van der Waals surface area contributed by atoms with Crippen molar-refractivity contribution >= 4 is 5.69 Å². The molecule has 1 aliphatic rings. The van der Waals surface area contributed by atoms with Gasteiger partial charge in [0.1, 0.15) is 0 Å². The van der Waals surface area contributed by atoms with Crippen molar-refractivity contribution in [1.29, 1.82) is 0 Å². The zero-order chi connectivity index (χ0) is 13.0. The zero-order valence-corrected chi connectivity index (χ0v) is 11.7. The van der Waals surface area contributed by atoms with Crippen molar-refractivity contribution < 1.29 is 0 Å². The van der Waals surface area contributed by atoms with E-state index >= 15 is 0 Å². The predicted molar refractivity (Wildman–Crippen MR) is 75.8 cm³/mol. The molecule has 0 aliphatic carbocycles. The molecule has 0 aromatic carbocycles. The summed E-state index contributed by atoms with van der Waals surface area (Å²) < 4.78 is 0. The fourth-order valence-corrected chi connectivity index (χ4v) is 2.54. The number of nitrogens with one attached hydrogen (secondary N) is 1. The summed E-state index contributed by atoms with van der Waals surface area (Å²) in [6, 6.07) is 4.83. The molecule has 0 radical (unpaired) electrons. The van der Waals surface area contributed by atoms with Gasteiger partial charge >= 0.3 is 0 Å². The van der Waals surface area contributed by atoms with E-state index in [0.717, 1.165) is 37.6 Å². The molecule has 4 heteroatoms. The van der Waals surface area contributed by atoms with Crippen molar-refractivity contribution in [3.63, 3.8) is 0 Å². The lowest BCUT2D eigenvalue weighted by molar-refractivity contribution is 0.0875. The summed E-state index contributed by atoms with van der Waals surface area (Å²) in [6.45, 7) is 6.67. The lowest BCUT2D eigenvalue weighted by atomic mass is 10.1. The van der Waals surface area contributed by atoms with Gasteiger partial charge in [0.15, 0.2) is 0 Å². The Morgan fingerprint density at radius 1 is 1.44 bits per heavy atom. The first-order chi connectivity index (χ1) is 8.72. The summed E-state index contributed by atoms with van der Waals surface area (Å²) in [5.74, 6) is 0. The molecule has 1 atom stereocenters. The highest BCUT2D eigenvalue weighted by Crippen LogP contribution is 2.14. The smallest absolute Gasteiger partial charge is 0.0564 e. The number of rotatable bonds is 4. The largest absolute Gasteiger partial charge is 0.388 e. The molecule has 2 rings (SSSR count). The van der Waals surface area contributed by atoms with E-state index in [0.29, 0.717) is 6.04 Å². The van der Waals surface area contributed by atoms with Gasteiger partial charge in [0.05, 0.1) is 5.69 Å². The van der Waals surface area contributed by atoms with Crippen LogP contribution in [0.1, 0.15) is 19.0 Å². The molecule has 0 spiro atoms. The summed E-state index contributed by atoms with van der Waals surface area (Å²) >= 11 is 0. The topological polar surface area (TPSA) is 31.4 Å². The molecule has 1 aromatic rings. The fraction of sp³-hybridized carbons (Fsp3) is 0.643. The lowest BCUT2D eigenvalue weighted by Gasteiger charge is -2.39. The van der Waals surface area contributed by atoms with Gasteiger partial charge in [0.25, 0.3) is 0 Å². The van der Waals surface area contributed by atoms with Crippen molar-refractivity contribution in [3.8, 4) is 0 Å². The van der Waals surface area contributed by atoms with Crippen LogP contribution in [0.15, 0.2) is 18.3 Å². The lowest BCUT2D eigenvalue weighted by Crippen LogP contribution is -2.50. The summed E-state index contributed by atoms with van der Waals surface area (Å²) in [4.78, 5) is 9.43. The van der Waals surface area contributed by atoms with Crippen molar-refractivity contribution in [2.24, 2.45) is 0 Å². The van der Waals surface area contributed by atoms with E-state index in [1.807, 2.05) is 19.3 Å². The number of anilines is 1. The average molecular weight is 248 g/mol. The third kappa shape index (κ3) is 3.21. The second-order valence-electron chi connectivity index (χ2n) is 5.06. The van der Waals surface area contributed by atoms with E-state index in [-0.39, 0.29) is 0 Å². The molecular formula is C14H24N4. The Hall–Kier alpha value is -1.13. The minimum atomic E-state index is 0.686. The molecule has 1 aliphatic heterocycles. The minimum absolute atomic E-state index is 0.686. The van der Waals surface area contributed by atoms with E-state index in [1.165, 1.54) is 6.42 Å². The highest BCUT2D eigenvalue weighted by atomic mass is 15.3. The standard InChI is InChI=1S/C14H24N4/c1-4-14-11-18(8-7-17(14)3)10-13-9-12(15-2)5-6-16-13/h5-6,9,14H,4,7-8,10-11H2,1-3H3,(H,15,16).